The Balaban J connectivity index is 1.48. The molecule has 2 aromatic heterocycles. The van der Waals surface area contributed by atoms with Gasteiger partial charge in [-0.05, 0) is 60.9 Å². The van der Waals surface area contributed by atoms with Crippen LogP contribution in [0.5, 0.6) is 0 Å². The van der Waals surface area contributed by atoms with Gasteiger partial charge in [0.05, 0.1) is 17.5 Å². The second kappa shape index (κ2) is 10.8. The van der Waals surface area contributed by atoms with Crippen molar-refractivity contribution in [1.29, 1.82) is 0 Å². The van der Waals surface area contributed by atoms with Crippen molar-refractivity contribution in [2.75, 3.05) is 11.9 Å². The number of carbonyl (C=O) groups excluding carboxylic acids is 1. The SMILES string of the molecule is Cc1ccc(C)c(NC(=O)C(Sc2nnc(-c3cccs3)n2CC2CCCO2)c2ccccc2)c1. The molecule has 1 aliphatic heterocycles. The molecule has 35 heavy (non-hydrogen) atoms. The molecule has 2 unspecified atom stereocenters. The van der Waals surface area contributed by atoms with Crippen LogP contribution in [0.4, 0.5) is 5.69 Å². The Morgan fingerprint density at radius 3 is 2.77 bits per heavy atom. The monoisotopic (exact) mass is 504 g/mol. The average molecular weight is 505 g/mol. The molecule has 1 fully saturated rings. The lowest BCUT2D eigenvalue weighted by atomic mass is 10.1. The van der Waals surface area contributed by atoms with Gasteiger partial charge in [-0.1, -0.05) is 60.3 Å². The zero-order valence-corrected chi connectivity index (χ0v) is 21.4. The van der Waals surface area contributed by atoms with E-state index in [1.54, 1.807) is 11.3 Å². The van der Waals surface area contributed by atoms with Crippen molar-refractivity contribution in [2.45, 2.75) is 49.7 Å². The predicted octanol–water partition coefficient (Wildman–Crippen LogP) is 6.27. The third kappa shape index (κ3) is 5.50. The minimum absolute atomic E-state index is 0.0840. The largest absolute Gasteiger partial charge is 0.376 e. The highest BCUT2D eigenvalue weighted by molar-refractivity contribution is 8.00. The number of aromatic nitrogens is 3. The number of thiophene rings is 1. The summed E-state index contributed by atoms with van der Waals surface area (Å²) in [5.41, 5.74) is 3.88. The van der Waals surface area contributed by atoms with Crippen molar-refractivity contribution in [3.63, 3.8) is 0 Å². The predicted molar refractivity (Wildman–Crippen MR) is 142 cm³/mol. The maximum Gasteiger partial charge on any atom is 0.242 e. The van der Waals surface area contributed by atoms with Gasteiger partial charge in [-0.2, -0.15) is 0 Å². The number of nitrogens with one attached hydrogen (secondary N) is 1. The number of amides is 1. The van der Waals surface area contributed by atoms with E-state index in [-0.39, 0.29) is 12.0 Å². The standard InChI is InChI=1S/C27H28N4O2S2/c1-18-12-13-19(2)22(16-18)28-26(32)24(20-8-4-3-5-9-20)35-27-30-29-25(23-11-7-15-34-23)31(27)17-21-10-6-14-33-21/h3-5,7-9,11-13,15-16,21,24H,6,10,14,17H2,1-2H3,(H,28,32). The fraction of sp³-hybridized carbons (Fsp3) is 0.296. The molecule has 1 N–H and O–H groups in total. The minimum Gasteiger partial charge on any atom is -0.376 e. The van der Waals surface area contributed by atoms with Crippen LogP contribution in [0.3, 0.4) is 0 Å². The van der Waals surface area contributed by atoms with Gasteiger partial charge in [-0.3, -0.25) is 9.36 Å². The first-order valence-corrected chi connectivity index (χ1v) is 13.5. The van der Waals surface area contributed by atoms with Crippen LogP contribution < -0.4 is 5.32 Å². The number of ether oxygens (including phenoxy) is 1. The molecule has 1 amide bonds. The number of benzene rings is 2. The minimum atomic E-state index is -0.486. The van der Waals surface area contributed by atoms with Crippen LogP contribution in [-0.4, -0.2) is 33.4 Å². The molecule has 0 spiro atoms. The molecule has 6 nitrogen and oxygen atoms in total. The normalized spacial score (nSPS) is 16.3. The van der Waals surface area contributed by atoms with Gasteiger partial charge in [-0.25, -0.2) is 0 Å². The summed E-state index contributed by atoms with van der Waals surface area (Å²) in [6, 6.07) is 20.0. The molecule has 3 heterocycles. The summed E-state index contributed by atoms with van der Waals surface area (Å²) in [5.74, 6) is 0.735. The molecule has 5 rings (SSSR count). The number of hydrogen-bond donors (Lipinski definition) is 1. The maximum absolute atomic E-state index is 13.7. The lowest BCUT2D eigenvalue weighted by Crippen LogP contribution is -2.21. The van der Waals surface area contributed by atoms with E-state index in [4.69, 9.17) is 4.74 Å². The van der Waals surface area contributed by atoms with Gasteiger partial charge in [0.25, 0.3) is 0 Å². The first kappa shape index (κ1) is 23.8. The molecular formula is C27H28N4O2S2. The van der Waals surface area contributed by atoms with Crippen LogP contribution in [0.1, 0.15) is 34.8 Å². The van der Waals surface area contributed by atoms with Crippen molar-refractivity contribution in [3.8, 4) is 10.7 Å². The zero-order valence-electron chi connectivity index (χ0n) is 19.8. The highest BCUT2D eigenvalue weighted by Gasteiger charge is 2.28. The number of nitrogens with zero attached hydrogens (tertiary/aromatic N) is 3. The zero-order chi connectivity index (χ0) is 24.2. The Kier molecular flexibility index (Phi) is 7.32. The number of anilines is 1. The Morgan fingerprint density at radius 2 is 2.03 bits per heavy atom. The van der Waals surface area contributed by atoms with E-state index in [1.165, 1.54) is 11.8 Å². The smallest absolute Gasteiger partial charge is 0.242 e. The number of carbonyl (C=O) groups is 1. The fourth-order valence-corrected chi connectivity index (χ4v) is 5.96. The summed E-state index contributed by atoms with van der Waals surface area (Å²) in [5, 5.41) is 14.5. The molecule has 180 valence electrons. The van der Waals surface area contributed by atoms with Gasteiger partial charge < -0.3 is 10.1 Å². The van der Waals surface area contributed by atoms with Gasteiger partial charge in [0.15, 0.2) is 11.0 Å². The van der Waals surface area contributed by atoms with Gasteiger partial charge in [-0.15, -0.1) is 21.5 Å². The first-order valence-electron chi connectivity index (χ1n) is 11.8. The van der Waals surface area contributed by atoms with Crippen LogP contribution in [0, 0.1) is 13.8 Å². The Bertz CT molecular complexity index is 1280. The van der Waals surface area contributed by atoms with E-state index < -0.39 is 5.25 Å². The fourth-order valence-electron chi connectivity index (χ4n) is 4.20. The van der Waals surface area contributed by atoms with Gasteiger partial charge in [0.1, 0.15) is 5.25 Å². The number of rotatable bonds is 8. The number of aryl methyl sites for hydroxylation is 2. The lowest BCUT2D eigenvalue weighted by Gasteiger charge is -2.19. The summed E-state index contributed by atoms with van der Waals surface area (Å²) >= 11 is 3.07. The Morgan fingerprint density at radius 1 is 1.17 bits per heavy atom. The lowest BCUT2D eigenvalue weighted by molar-refractivity contribution is -0.115. The second-order valence-corrected chi connectivity index (χ2v) is 10.8. The van der Waals surface area contributed by atoms with E-state index >= 15 is 0 Å². The highest BCUT2D eigenvalue weighted by atomic mass is 32.2. The molecule has 0 bridgehead atoms. The van der Waals surface area contributed by atoms with Crippen molar-refractivity contribution in [1.82, 2.24) is 14.8 Å². The number of hydrogen-bond acceptors (Lipinski definition) is 6. The van der Waals surface area contributed by atoms with Crippen LogP contribution in [-0.2, 0) is 16.1 Å². The summed E-state index contributed by atoms with van der Waals surface area (Å²) in [4.78, 5) is 14.7. The second-order valence-electron chi connectivity index (χ2n) is 8.75. The maximum atomic E-state index is 13.7. The van der Waals surface area contributed by atoms with E-state index in [1.807, 2.05) is 73.8 Å². The number of thioether (sulfide) groups is 1. The third-order valence-corrected chi connectivity index (χ3v) is 8.18. The van der Waals surface area contributed by atoms with E-state index in [9.17, 15) is 4.79 Å². The van der Waals surface area contributed by atoms with Crippen molar-refractivity contribution in [2.24, 2.45) is 0 Å². The van der Waals surface area contributed by atoms with Crippen LogP contribution >= 0.6 is 23.1 Å². The topological polar surface area (TPSA) is 69.0 Å². The first-order chi connectivity index (χ1) is 17.1. The van der Waals surface area contributed by atoms with E-state index in [0.717, 1.165) is 52.5 Å². The van der Waals surface area contributed by atoms with Gasteiger partial charge in [0, 0.05) is 12.3 Å². The summed E-state index contributed by atoms with van der Waals surface area (Å²) in [6.45, 7) is 5.49. The van der Waals surface area contributed by atoms with Gasteiger partial charge in [0.2, 0.25) is 5.91 Å². The quantitative estimate of drug-likeness (QED) is 0.286. The van der Waals surface area contributed by atoms with Gasteiger partial charge >= 0.3 is 0 Å². The average Bonchev–Trinajstić information content (AvgIpc) is 3.64. The Labute approximate surface area is 213 Å². The third-order valence-electron chi connectivity index (χ3n) is 6.08. The molecular weight excluding hydrogens is 476 g/mol. The molecule has 1 aliphatic rings. The summed E-state index contributed by atoms with van der Waals surface area (Å²) < 4.78 is 8.05. The van der Waals surface area contributed by atoms with Crippen molar-refractivity contribution >= 4 is 34.7 Å². The van der Waals surface area contributed by atoms with Crippen molar-refractivity contribution in [3.05, 3.63) is 82.7 Å². The molecule has 0 radical (unpaired) electrons. The van der Waals surface area contributed by atoms with Crippen LogP contribution in [0.25, 0.3) is 10.7 Å². The summed E-state index contributed by atoms with van der Waals surface area (Å²) in [6.07, 6.45) is 2.21. The molecule has 2 aromatic carbocycles. The molecule has 0 aliphatic carbocycles. The van der Waals surface area contributed by atoms with Crippen LogP contribution in [0.2, 0.25) is 0 Å². The molecule has 4 aromatic rings. The molecule has 0 saturated carbocycles. The Hall–Kier alpha value is -2.94. The van der Waals surface area contributed by atoms with Crippen LogP contribution in [0.15, 0.2) is 71.2 Å². The van der Waals surface area contributed by atoms with E-state index in [0.29, 0.717) is 11.7 Å². The highest BCUT2D eigenvalue weighted by Crippen LogP contribution is 2.38. The van der Waals surface area contributed by atoms with E-state index in [2.05, 4.69) is 26.1 Å². The van der Waals surface area contributed by atoms with Crippen molar-refractivity contribution < 1.29 is 9.53 Å². The molecule has 8 heteroatoms. The molecule has 1 saturated heterocycles. The molecule has 2 atom stereocenters. The summed E-state index contributed by atoms with van der Waals surface area (Å²) in [7, 11) is 0.